The number of benzene rings is 7. The number of alkyl halides is 15. The maximum atomic E-state index is 15.1. The zero-order chi connectivity index (χ0) is 53.4. The Kier molecular flexibility index (Phi) is 11.6. The molecule has 0 bridgehead atoms. The first-order valence-electron chi connectivity index (χ1n) is 21.7. The molecule has 0 aliphatic heterocycles. The minimum atomic E-state index is -5.46. The monoisotopic (exact) mass is 1030 g/mol. The topological polar surface area (TPSA) is 44.0 Å². The zero-order valence-electron chi connectivity index (χ0n) is 38.3. The van der Waals surface area contributed by atoms with Crippen LogP contribution in [-0.2, 0) is 45.0 Å². The lowest BCUT2D eigenvalue weighted by molar-refractivity contribution is -0.143. The molecule has 0 unspecified atom stereocenters. The zero-order valence-corrected chi connectivity index (χ0v) is 38.3. The van der Waals surface area contributed by atoms with Gasteiger partial charge in [0.05, 0.1) is 60.7 Å². The highest BCUT2D eigenvalue weighted by molar-refractivity contribution is 6.10. The second-order valence-corrected chi connectivity index (χ2v) is 17.9. The van der Waals surface area contributed by atoms with E-state index in [0.29, 0.717) is 12.1 Å². The predicted molar refractivity (Wildman–Crippen MR) is 248 cm³/mol. The fourth-order valence-electron chi connectivity index (χ4n) is 9.66. The third-order valence-electron chi connectivity index (χ3n) is 13.2. The number of fused-ring (bicyclic) bond motifs is 4. The fraction of sp³-hybridized carbons (Fsp3) is 0.185. The second-order valence-electron chi connectivity index (χ2n) is 17.9. The van der Waals surface area contributed by atoms with Crippen LogP contribution < -0.4 is 10.9 Å². The molecule has 0 aliphatic carbocycles. The van der Waals surface area contributed by atoms with Gasteiger partial charge < -0.3 is 9.13 Å². The summed E-state index contributed by atoms with van der Waals surface area (Å²) in [5, 5.41) is -1.03. The smallest absolute Gasteiger partial charge is 0.343 e. The van der Waals surface area contributed by atoms with Crippen molar-refractivity contribution in [2.24, 2.45) is 14.1 Å². The Morgan fingerprint density at radius 3 is 1.14 bits per heavy atom. The van der Waals surface area contributed by atoms with Gasteiger partial charge in [-0.2, -0.15) is 65.9 Å². The molecule has 0 spiro atoms. The van der Waals surface area contributed by atoms with Crippen molar-refractivity contribution in [2.75, 3.05) is 0 Å². The lowest BCUT2D eigenvalue weighted by atomic mass is 9.88. The molecule has 19 heteroatoms. The van der Waals surface area contributed by atoms with Crippen LogP contribution in [0.3, 0.4) is 0 Å². The van der Waals surface area contributed by atoms with Gasteiger partial charge in [0.1, 0.15) is 0 Å². The average Bonchev–Trinajstić information content (AvgIpc) is 3.29. The van der Waals surface area contributed by atoms with Gasteiger partial charge in [0.2, 0.25) is 0 Å². The predicted octanol–water partition coefficient (Wildman–Crippen LogP) is 16.4. The number of hydrogen-bond acceptors (Lipinski definition) is 2. The van der Waals surface area contributed by atoms with E-state index in [1.165, 1.54) is 86.5 Å². The summed E-state index contributed by atoms with van der Waals surface area (Å²) in [6, 6.07) is 16.9. The maximum Gasteiger partial charge on any atom is 0.417 e. The Hall–Kier alpha value is -7.57. The van der Waals surface area contributed by atoms with Crippen molar-refractivity contribution >= 4 is 43.6 Å². The molecule has 4 nitrogen and oxygen atoms in total. The van der Waals surface area contributed by atoms with E-state index in [1.807, 2.05) is 0 Å². The molecule has 376 valence electrons. The van der Waals surface area contributed by atoms with Crippen molar-refractivity contribution in [3.05, 3.63) is 174 Å². The summed E-state index contributed by atoms with van der Waals surface area (Å²) in [5.74, 6) is 0. The number of pyridine rings is 2. The van der Waals surface area contributed by atoms with Crippen LogP contribution in [-0.4, -0.2) is 9.13 Å². The summed E-state index contributed by atoms with van der Waals surface area (Å²) in [6.45, 7) is 4.05. The van der Waals surface area contributed by atoms with Crippen LogP contribution in [0.15, 0.2) is 119 Å². The van der Waals surface area contributed by atoms with E-state index >= 15 is 9.59 Å². The van der Waals surface area contributed by atoms with Crippen molar-refractivity contribution in [2.45, 2.75) is 51.7 Å². The molecule has 0 radical (unpaired) electrons. The van der Waals surface area contributed by atoms with Gasteiger partial charge in [-0.3, -0.25) is 9.59 Å². The Balaban J connectivity index is 1.43. The molecule has 9 aromatic rings. The van der Waals surface area contributed by atoms with E-state index in [0.717, 1.165) is 48.5 Å². The SMILES string of the molecule is Cc1ccc(-c2cc(-c3ccc(C(F)(F)F)cc3C)c3c(=O)c4cc5c(cc4n(C)c3c2)c(=O)c2c(-c3ccc(C(F)(F)F)cc3C(F)(F)F)cc(-c3ccc(C(F)(F)F)cc3C)cc2n5C)c(C(F)(F)F)c1. The van der Waals surface area contributed by atoms with Crippen LogP contribution in [0.1, 0.15) is 44.5 Å². The summed E-state index contributed by atoms with van der Waals surface area (Å²) < 4.78 is 216. The third kappa shape index (κ3) is 8.65. The maximum absolute atomic E-state index is 15.1. The fourth-order valence-corrected chi connectivity index (χ4v) is 9.66. The van der Waals surface area contributed by atoms with E-state index in [1.54, 1.807) is 0 Å². The van der Waals surface area contributed by atoms with E-state index in [-0.39, 0.29) is 94.4 Å². The van der Waals surface area contributed by atoms with Gasteiger partial charge in [0.15, 0.2) is 10.9 Å². The minimum absolute atomic E-state index is 0.000582. The average molecular weight is 1030 g/mol. The number of hydrogen-bond donors (Lipinski definition) is 0. The molecule has 0 saturated heterocycles. The number of nitrogens with zero attached hydrogens (tertiary/aromatic N) is 2. The quantitative estimate of drug-likeness (QED) is 0.130. The largest absolute Gasteiger partial charge is 0.417 e. The van der Waals surface area contributed by atoms with Crippen molar-refractivity contribution in [1.29, 1.82) is 0 Å². The molecule has 0 aliphatic rings. The van der Waals surface area contributed by atoms with Crippen LogP contribution in [0.4, 0.5) is 65.9 Å². The van der Waals surface area contributed by atoms with Gasteiger partial charge in [-0.05, 0) is 155 Å². The summed E-state index contributed by atoms with van der Waals surface area (Å²) in [5.41, 5.74) is -10.4. The first-order valence-corrected chi connectivity index (χ1v) is 21.7. The van der Waals surface area contributed by atoms with Crippen LogP contribution >= 0.6 is 0 Å². The molecule has 2 aromatic heterocycles. The Morgan fingerprint density at radius 2 is 0.712 bits per heavy atom. The molecule has 0 saturated carbocycles. The van der Waals surface area contributed by atoms with Gasteiger partial charge in [-0.25, -0.2) is 0 Å². The van der Waals surface area contributed by atoms with Gasteiger partial charge >= 0.3 is 30.9 Å². The van der Waals surface area contributed by atoms with Gasteiger partial charge in [0, 0.05) is 24.9 Å². The summed E-state index contributed by atoms with van der Waals surface area (Å²) in [4.78, 5) is 30.2. The molecule has 0 amide bonds. The van der Waals surface area contributed by atoms with E-state index in [9.17, 15) is 65.9 Å². The highest BCUT2D eigenvalue weighted by atomic mass is 19.4. The molecular formula is C54H33F15N2O2. The molecule has 73 heavy (non-hydrogen) atoms. The molecule has 7 aromatic carbocycles. The first-order chi connectivity index (χ1) is 33.7. The Labute approximate surface area is 402 Å². The van der Waals surface area contributed by atoms with Gasteiger partial charge in [-0.1, -0.05) is 35.9 Å². The first kappa shape index (κ1) is 50.4. The van der Waals surface area contributed by atoms with E-state index < -0.39 is 86.1 Å². The Morgan fingerprint density at radius 1 is 0.342 bits per heavy atom. The van der Waals surface area contributed by atoms with Crippen molar-refractivity contribution < 1.29 is 65.9 Å². The van der Waals surface area contributed by atoms with E-state index in [2.05, 4.69) is 0 Å². The van der Waals surface area contributed by atoms with Gasteiger partial charge in [-0.15, -0.1) is 0 Å². The third-order valence-corrected chi connectivity index (χ3v) is 13.2. The molecular weight excluding hydrogens is 994 g/mol. The summed E-state index contributed by atoms with van der Waals surface area (Å²) in [7, 11) is 2.76. The lowest BCUT2D eigenvalue weighted by Gasteiger charge is -2.21. The molecule has 9 rings (SSSR count). The molecule has 0 atom stereocenters. The second kappa shape index (κ2) is 16.7. The molecule has 2 heterocycles. The highest BCUT2D eigenvalue weighted by Gasteiger charge is 2.40. The summed E-state index contributed by atoms with van der Waals surface area (Å²) >= 11 is 0. The van der Waals surface area contributed by atoms with Crippen LogP contribution in [0.5, 0.6) is 0 Å². The van der Waals surface area contributed by atoms with Crippen LogP contribution in [0.2, 0.25) is 0 Å². The van der Waals surface area contributed by atoms with Crippen molar-refractivity contribution in [3.63, 3.8) is 0 Å². The number of rotatable bonds is 4. The van der Waals surface area contributed by atoms with Crippen molar-refractivity contribution in [1.82, 2.24) is 9.13 Å². The van der Waals surface area contributed by atoms with Gasteiger partial charge in [0.25, 0.3) is 0 Å². The lowest BCUT2D eigenvalue weighted by Crippen LogP contribution is -2.16. The van der Waals surface area contributed by atoms with Crippen LogP contribution in [0, 0.1) is 20.8 Å². The highest BCUT2D eigenvalue weighted by Crippen LogP contribution is 2.46. The Bertz CT molecular complexity index is 3940. The summed E-state index contributed by atoms with van der Waals surface area (Å²) in [6.07, 6.45) is -25.2. The molecule has 0 fully saturated rings. The number of aryl methyl sites for hydroxylation is 5. The molecule has 0 N–H and O–H groups in total. The van der Waals surface area contributed by atoms with Crippen molar-refractivity contribution in [3.8, 4) is 44.5 Å². The van der Waals surface area contributed by atoms with Crippen LogP contribution in [0.25, 0.3) is 88.1 Å². The standard InChI is InChI=1S/C54H33F15N2O2/c1-24-6-10-34(40(14-24)53(64,65)66)28-18-36(33-12-8-30(16-26(33)3)51(58,59)60)46-45(20-28)71(5)42-23-39-43(22-38(42)48(46)72)70(4)44-19-27(32-11-7-29(15-25(32)2)50(55,56)57)17-37(47(44)49(39)73)35-13-9-31(52(61,62)63)21-41(35)54(67,68)69/h6-23H,1-5H3. The normalized spacial score (nSPS) is 13.0. The number of aromatic nitrogens is 2. The number of halogens is 15. The minimum Gasteiger partial charge on any atom is -0.343 e. The van der Waals surface area contributed by atoms with E-state index in [4.69, 9.17) is 0 Å².